The highest BCUT2D eigenvalue weighted by atomic mass is 16.1. The van der Waals surface area contributed by atoms with Crippen molar-refractivity contribution in [2.24, 2.45) is 0 Å². The number of fused-ring (bicyclic) bond motifs is 1. The molecule has 2 fully saturated rings. The molecule has 2 aromatic heterocycles. The van der Waals surface area contributed by atoms with Crippen molar-refractivity contribution in [3.8, 4) is 0 Å². The summed E-state index contributed by atoms with van der Waals surface area (Å²) in [5, 5.41) is 13.8. The van der Waals surface area contributed by atoms with Gasteiger partial charge in [0.25, 0.3) is 5.56 Å². The van der Waals surface area contributed by atoms with Crippen molar-refractivity contribution in [3.63, 3.8) is 0 Å². The molecule has 1 atom stereocenters. The number of rotatable bonds is 6. The molecule has 0 saturated heterocycles. The number of aromatic nitrogens is 5. The molecule has 7 nitrogen and oxygen atoms in total. The summed E-state index contributed by atoms with van der Waals surface area (Å²) in [7, 11) is 0. The smallest absolute Gasteiger partial charge is 0.257 e. The van der Waals surface area contributed by atoms with E-state index >= 15 is 0 Å². The molecule has 0 radical (unpaired) electrons. The van der Waals surface area contributed by atoms with E-state index < -0.39 is 0 Å². The van der Waals surface area contributed by atoms with Crippen LogP contribution in [-0.2, 0) is 13.1 Å². The van der Waals surface area contributed by atoms with Crippen LogP contribution in [0.4, 0.5) is 0 Å². The zero-order valence-corrected chi connectivity index (χ0v) is 17.7. The summed E-state index contributed by atoms with van der Waals surface area (Å²) in [5.74, 6) is 0.969. The maximum atomic E-state index is 12.9. The first kappa shape index (κ1) is 19.4. The lowest BCUT2D eigenvalue weighted by Gasteiger charge is -2.25. The SMILES string of the molecule is Cc1ccc2cc(C[NH+](Cc3nnnn3C3CCCC3)C3CCCC3)c(=O)[nH]c2c1. The average molecular weight is 408 g/mol. The Morgan fingerprint density at radius 3 is 2.63 bits per heavy atom. The molecule has 158 valence electrons. The van der Waals surface area contributed by atoms with Crippen molar-refractivity contribution in [1.82, 2.24) is 25.2 Å². The van der Waals surface area contributed by atoms with Crippen LogP contribution < -0.4 is 10.5 Å². The monoisotopic (exact) mass is 407 g/mol. The molecule has 0 bridgehead atoms. The normalized spacial score (nSPS) is 19.1. The number of tetrazole rings is 1. The second-order valence-corrected chi connectivity index (χ2v) is 9.19. The van der Waals surface area contributed by atoms with Crippen LogP contribution in [-0.4, -0.2) is 31.2 Å². The van der Waals surface area contributed by atoms with Crippen molar-refractivity contribution in [2.45, 2.75) is 83.5 Å². The van der Waals surface area contributed by atoms with E-state index in [1.165, 1.54) is 56.3 Å². The van der Waals surface area contributed by atoms with Gasteiger partial charge in [-0.2, -0.15) is 0 Å². The molecule has 30 heavy (non-hydrogen) atoms. The molecule has 2 saturated carbocycles. The van der Waals surface area contributed by atoms with E-state index in [0.29, 0.717) is 18.6 Å². The van der Waals surface area contributed by atoms with Crippen LogP contribution in [0.25, 0.3) is 10.9 Å². The lowest BCUT2D eigenvalue weighted by atomic mass is 10.1. The van der Waals surface area contributed by atoms with Crippen molar-refractivity contribution >= 4 is 10.9 Å². The van der Waals surface area contributed by atoms with Crippen molar-refractivity contribution < 1.29 is 4.90 Å². The number of nitrogens with zero attached hydrogens (tertiary/aromatic N) is 4. The minimum Gasteiger partial charge on any atom is -0.322 e. The molecule has 0 spiro atoms. The first-order valence-electron chi connectivity index (χ1n) is 11.4. The highest BCUT2D eigenvalue weighted by Crippen LogP contribution is 2.29. The number of H-pyrrole nitrogens is 1. The van der Waals surface area contributed by atoms with E-state index in [-0.39, 0.29) is 5.56 Å². The Kier molecular flexibility index (Phi) is 5.37. The topological polar surface area (TPSA) is 80.9 Å². The summed E-state index contributed by atoms with van der Waals surface area (Å²) in [5.41, 5.74) is 2.95. The van der Waals surface area contributed by atoms with E-state index in [4.69, 9.17) is 0 Å². The van der Waals surface area contributed by atoms with Gasteiger partial charge < -0.3 is 9.88 Å². The molecule has 2 N–H and O–H groups in total. The van der Waals surface area contributed by atoms with Crippen LogP contribution in [0.1, 0.15) is 74.4 Å². The molecule has 2 aliphatic carbocycles. The van der Waals surface area contributed by atoms with Gasteiger partial charge in [0, 0.05) is 5.52 Å². The van der Waals surface area contributed by atoms with Crippen molar-refractivity contribution in [3.05, 3.63) is 51.6 Å². The van der Waals surface area contributed by atoms with Gasteiger partial charge in [-0.05, 0) is 79.0 Å². The Balaban J connectivity index is 1.43. The van der Waals surface area contributed by atoms with Crippen LogP contribution in [0, 0.1) is 6.92 Å². The predicted molar refractivity (Wildman–Crippen MR) is 115 cm³/mol. The zero-order valence-electron chi connectivity index (χ0n) is 17.7. The summed E-state index contributed by atoms with van der Waals surface area (Å²) in [6.07, 6.45) is 9.82. The van der Waals surface area contributed by atoms with E-state index in [2.05, 4.69) is 43.4 Å². The molecule has 0 amide bonds. The lowest BCUT2D eigenvalue weighted by molar-refractivity contribution is -0.952. The van der Waals surface area contributed by atoms with Gasteiger partial charge in [-0.3, -0.25) is 4.79 Å². The maximum absolute atomic E-state index is 12.9. The third-order valence-corrected chi connectivity index (χ3v) is 7.05. The molecule has 0 aliphatic heterocycles. The van der Waals surface area contributed by atoms with Crippen LogP contribution in [0.5, 0.6) is 0 Å². The fourth-order valence-electron chi connectivity index (χ4n) is 5.39. The van der Waals surface area contributed by atoms with Gasteiger partial charge >= 0.3 is 0 Å². The predicted octanol–water partition coefficient (Wildman–Crippen LogP) is 2.47. The molecule has 2 heterocycles. The number of pyridine rings is 1. The molecule has 2 aliphatic rings. The van der Waals surface area contributed by atoms with E-state index in [1.54, 1.807) is 0 Å². The fourth-order valence-corrected chi connectivity index (χ4v) is 5.39. The molecule has 1 aromatic carbocycles. The lowest BCUT2D eigenvalue weighted by Crippen LogP contribution is -3.13. The third kappa shape index (κ3) is 3.90. The Hall–Kier alpha value is -2.54. The Labute approximate surface area is 176 Å². The van der Waals surface area contributed by atoms with Crippen molar-refractivity contribution in [1.29, 1.82) is 0 Å². The number of hydrogen-bond acceptors (Lipinski definition) is 4. The van der Waals surface area contributed by atoms with E-state index in [1.807, 2.05) is 13.0 Å². The summed E-state index contributed by atoms with van der Waals surface area (Å²) in [6, 6.07) is 9.31. The minimum atomic E-state index is 0.0268. The summed E-state index contributed by atoms with van der Waals surface area (Å²) in [4.78, 5) is 17.4. The molecular weight excluding hydrogens is 376 g/mol. The summed E-state index contributed by atoms with van der Waals surface area (Å²) >= 11 is 0. The van der Waals surface area contributed by atoms with Gasteiger partial charge in [-0.1, -0.05) is 25.0 Å². The molecule has 7 heteroatoms. The quantitative estimate of drug-likeness (QED) is 0.658. The average Bonchev–Trinajstić information content (AvgIpc) is 3.50. The Morgan fingerprint density at radius 1 is 1.07 bits per heavy atom. The minimum absolute atomic E-state index is 0.0268. The summed E-state index contributed by atoms with van der Waals surface area (Å²) < 4.78 is 2.06. The standard InChI is InChI=1S/C23H30N6O/c1-16-10-11-17-13-18(23(30)24-21(17)12-16)14-28(19-6-2-3-7-19)15-22-25-26-27-29(22)20-8-4-5-9-20/h10-13,19-20H,2-9,14-15H2,1H3,(H,24,30)/p+1. The number of benzene rings is 1. The second kappa shape index (κ2) is 8.30. The molecular formula is C23H31N6O+. The highest BCUT2D eigenvalue weighted by molar-refractivity contribution is 5.79. The van der Waals surface area contributed by atoms with E-state index in [9.17, 15) is 4.79 Å². The van der Waals surface area contributed by atoms with Gasteiger partial charge in [-0.25, -0.2) is 4.68 Å². The highest BCUT2D eigenvalue weighted by Gasteiger charge is 2.30. The van der Waals surface area contributed by atoms with Gasteiger partial charge in [0.15, 0.2) is 0 Å². The van der Waals surface area contributed by atoms with Crippen LogP contribution in [0.15, 0.2) is 29.1 Å². The maximum Gasteiger partial charge on any atom is 0.257 e. The fraction of sp³-hybridized carbons (Fsp3) is 0.565. The second-order valence-electron chi connectivity index (χ2n) is 9.19. The summed E-state index contributed by atoms with van der Waals surface area (Å²) in [6.45, 7) is 3.53. The van der Waals surface area contributed by atoms with Gasteiger partial charge in [0.2, 0.25) is 5.82 Å². The first-order valence-corrected chi connectivity index (χ1v) is 11.4. The van der Waals surface area contributed by atoms with Gasteiger partial charge in [-0.15, -0.1) is 5.10 Å². The number of quaternary nitrogens is 1. The van der Waals surface area contributed by atoms with Crippen molar-refractivity contribution in [2.75, 3.05) is 0 Å². The number of aromatic amines is 1. The third-order valence-electron chi connectivity index (χ3n) is 7.05. The number of nitrogens with one attached hydrogen (secondary N) is 2. The Morgan fingerprint density at radius 2 is 1.83 bits per heavy atom. The molecule has 1 unspecified atom stereocenters. The number of aryl methyl sites for hydroxylation is 1. The van der Waals surface area contributed by atoms with Crippen LogP contribution in [0.2, 0.25) is 0 Å². The van der Waals surface area contributed by atoms with Gasteiger partial charge in [0.1, 0.15) is 13.1 Å². The largest absolute Gasteiger partial charge is 0.322 e. The Bertz CT molecular complexity index is 1070. The van der Waals surface area contributed by atoms with E-state index in [0.717, 1.165) is 34.4 Å². The molecule has 3 aromatic rings. The first-order chi connectivity index (χ1) is 14.7. The van der Waals surface area contributed by atoms with Crippen LogP contribution in [0.3, 0.4) is 0 Å². The zero-order chi connectivity index (χ0) is 20.5. The molecule has 5 rings (SSSR count). The number of hydrogen-bond donors (Lipinski definition) is 2. The van der Waals surface area contributed by atoms with Gasteiger partial charge in [0.05, 0.1) is 17.6 Å². The van der Waals surface area contributed by atoms with Crippen LogP contribution >= 0.6 is 0 Å².